The lowest BCUT2D eigenvalue weighted by Gasteiger charge is -2.00. The van der Waals surface area contributed by atoms with Crippen LogP contribution in [0.3, 0.4) is 0 Å². The second-order valence-corrected chi connectivity index (χ2v) is 5.21. The molecule has 100 valence electrons. The highest BCUT2D eigenvalue weighted by molar-refractivity contribution is 9.10. The molecule has 0 aliphatic rings. The number of aromatic hydroxyl groups is 1. The summed E-state index contributed by atoms with van der Waals surface area (Å²) in [6.45, 7) is 0. The summed E-state index contributed by atoms with van der Waals surface area (Å²) in [6, 6.07) is 13.4. The molecule has 3 rings (SSSR count). The molecule has 0 atom stereocenters. The zero-order valence-electron chi connectivity index (χ0n) is 10.3. The molecule has 0 saturated heterocycles. The van der Waals surface area contributed by atoms with E-state index < -0.39 is 0 Å². The van der Waals surface area contributed by atoms with E-state index >= 15 is 0 Å². The van der Waals surface area contributed by atoms with E-state index in [0.29, 0.717) is 11.4 Å². The van der Waals surface area contributed by atoms with Crippen molar-refractivity contribution in [2.24, 2.45) is 0 Å². The molecular formula is C15H10BrFN2O. The number of hydrogen-bond donors (Lipinski definition) is 1. The van der Waals surface area contributed by atoms with Crippen LogP contribution in [0, 0.1) is 5.82 Å². The van der Waals surface area contributed by atoms with Crippen LogP contribution >= 0.6 is 15.9 Å². The van der Waals surface area contributed by atoms with E-state index in [1.165, 1.54) is 23.0 Å². The minimum atomic E-state index is -0.307. The molecule has 0 aliphatic carbocycles. The summed E-state index contributed by atoms with van der Waals surface area (Å²) in [5, 5.41) is 14.3. The Bertz CT molecular complexity index is 736. The predicted molar refractivity (Wildman–Crippen MR) is 78.3 cm³/mol. The zero-order chi connectivity index (χ0) is 14.1. The molecule has 0 fully saturated rings. The van der Waals surface area contributed by atoms with Gasteiger partial charge in [-0.15, -0.1) is 0 Å². The van der Waals surface area contributed by atoms with Gasteiger partial charge < -0.3 is 5.11 Å². The van der Waals surface area contributed by atoms with E-state index in [1.54, 1.807) is 12.1 Å². The molecule has 0 radical (unpaired) electrons. The first-order valence-corrected chi connectivity index (χ1v) is 6.73. The number of rotatable bonds is 2. The second-order valence-electron chi connectivity index (χ2n) is 4.29. The van der Waals surface area contributed by atoms with Gasteiger partial charge in [0.15, 0.2) is 5.75 Å². The zero-order valence-corrected chi connectivity index (χ0v) is 11.9. The van der Waals surface area contributed by atoms with E-state index in [9.17, 15) is 9.50 Å². The maximum atomic E-state index is 12.9. The molecule has 0 amide bonds. The van der Waals surface area contributed by atoms with Crippen LogP contribution in [0.2, 0.25) is 0 Å². The molecule has 0 bridgehead atoms. The smallest absolute Gasteiger partial charge is 0.162 e. The highest BCUT2D eigenvalue weighted by Gasteiger charge is 2.11. The summed E-state index contributed by atoms with van der Waals surface area (Å²) in [5.74, 6) is -0.227. The van der Waals surface area contributed by atoms with Crippen molar-refractivity contribution in [2.75, 3.05) is 0 Å². The molecule has 0 spiro atoms. The van der Waals surface area contributed by atoms with Gasteiger partial charge in [-0.2, -0.15) is 5.10 Å². The Morgan fingerprint density at radius 2 is 1.65 bits per heavy atom. The van der Waals surface area contributed by atoms with E-state index in [2.05, 4.69) is 21.0 Å². The molecule has 20 heavy (non-hydrogen) atoms. The lowest BCUT2D eigenvalue weighted by Crippen LogP contribution is -1.94. The van der Waals surface area contributed by atoms with Gasteiger partial charge in [0.2, 0.25) is 0 Å². The molecule has 0 unspecified atom stereocenters. The van der Waals surface area contributed by atoms with Gasteiger partial charge in [0.1, 0.15) is 11.5 Å². The van der Waals surface area contributed by atoms with Crippen molar-refractivity contribution in [3.8, 4) is 22.7 Å². The standard InChI is InChI=1S/C15H10BrFN2O/c16-11-3-1-10(2-4-11)15-14(20)9-19(18-15)13-7-5-12(17)6-8-13/h1-9,20H. The predicted octanol–water partition coefficient (Wildman–Crippen LogP) is 4.15. The Kier molecular flexibility index (Phi) is 3.28. The van der Waals surface area contributed by atoms with Crippen LogP contribution in [0.15, 0.2) is 59.2 Å². The van der Waals surface area contributed by atoms with Crippen LogP contribution in [-0.2, 0) is 0 Å². The van der Waals surface area contributed by atoms with Gasteiger partial charge in [0, 0.05) is 10.0 Å². The van der Waals surface area contributed by atoms with Gasteiger partial charge in [0.25, 0.3) is 0 Å². The van der Waals surface area contributed by atoms with Crippen molar-refractivity contribution in [1.82, 2.24) is 9.78 Å². The van der Waals surface area contributed by atoms with E-state index in [1.807, 2.05) is 24.3 Å². The lowest BCUT2D eigenvalue weighted by molar-refractivity contribution is 0.477. The fourth-order valence-corrected chi connectivity index (χ4v) is 2.17. The van der Waals surface area contributed by atoms with Gasteiger partial charge >= 0.3 is 0 Å². The Morgan fingerprint density at radius 3 is 2.30 bits per heavy atom. The molecule has 3 aromatic rings. The van der Waals surface area contributed by atoms with Crippen molar-refractivity contribution in [3.63, 3.8) is 0 Å². The van der Waals surface area contributed by atoms with Crippen LogP contribution in [0.1, 0.15) is 0 Å². The summed E-state index contributed by atoms with van der Waals surface area (Å²) < 4.78 is 15.4. The number of halogens is 2. The first-order valence-electron chi connectivity index (χ1n) is 5.94. The third-order valence-electron chi connectivity index (χ3n) is 2.90. The average molecular weight is 333 g/mol. The topological polar surface area (TPSA) is 38.0 Å². The van der Waals surface area contributed by atoms with Crippen molar-refractivity contribution < 1.29 is 9.50 Å². The third kappa shape index (κ3) is 2.44. The fourth-order valence-electron chi connectivity index (χ4n) is 1.90. The van der Waals surface area contributed by atoms with Crippen LogP contribution in [-0.4, -0.2) is 14.9 Å². The molecule has 5 heteroatoms. The van der Waals surface area contributed by atoms with Crippen LogP contribution < -0.4 is 0 Å². The highest BCUT2D eigenvalue weighted by atomic mass is 79.9. The second kappa shape index (κ2) is 5.09. The van der Waals surface area contributed by atoms with E-state index in [4.69, 9.17) is 0 Å². The summed E-state index contributed by atoms with van der Waals surface area (Å²) in [7, 11) is 0. The van der Waals surface area contributed by atoms with Crippen LogP contribution in [0.5, 0.6) is 5.75 Å². The van der Waals surface area contributed by atoms with Gasteiger partial charge in [-0.3, -0.25) is 0 Å². The summed E-state index contributed by atoms with van der Waals surface area (Å²) in [6.07, 6.45) is 1.50. The maximum absolute atomic E-state index is 12.9. The normalized spacial score (nSPS) is 10.7. The highest BCUT2D eigenvalue weighted by Crippen LogP contribution is 2.29. The Morgan fingerprint density at radius 1 is 1.00 bits per heavy atom. The Hall–Kier alpha value is -2.14. The largest absolute Gasteiger partial charge is 0.504 e. The van der Waals surface area contributed by atoms with Crippen molar-refractivity contribution in [2.45, 2.75) is 0 Å². The lowest BCUT2D eigenvalue weighted by atomic mass is 10.1. The SMILES string of the molecule is Oc1cn(-c2ccc(F)cc2)nc1-c1ccc(Br)cc1. The minimum Gasteiger partial charge on any atom is -0.504 e. The van der Waals surface area contributed by atoms with Gasteiger partial charge in [0.05, 0.1) is 11.9 Å². The summed E-state index contributed by atoms with van der Waals surface area (Å²) in [4.78, 5) is 0. The quantitative estimate of drug-likeness (QED) is 0.765. The van der Waals surface area contributed by atoms with Gasteiger partial charge in [-0.1, -0.05) is 28.1 Å². The Balaban J connectivity index is 2.02. The Labute approximate surface area is 123 Å². The third-order valence-corrected chi connectivity index (χ3v) is 3.43. The molecule has 0 aliphatic heterocycles. The molecule has 2 aromatic carbocycles. The van der Waals surface area contributed by atoms with Crippen molar-refractivity contribution in [3.05, 3.63) is 65.0 Å². The van der Waals surface area contributed by atoms with Crippen LogP contribution in [0.4, 0.5) is 4.39 Å². The number of nitrogens with zero attached hydrogens (tertiary/aromatic N) is 2. The minimum absolute atomic E-state index is 0.0802. The molecule has 1 N–H and O–H groups in total. The number of benzene rings is 2. The summed E-state index contributed by atoms with van der Waals surface area (Å²) >= 11 is 3.36. The molecule has 3 nitrogen and oxygen atoms in total. The maximum Gasteiger partial charge on any atom is 0.162 e. The average Bonchev–Trinajstić information content (AvgIpc) is 2.82. The number of hydrogen-bond acceptors (Lipinski definition) is 2. The van der Waals surface area contributed by atoms with Crippen LogP contribution in [0.25, 0.3) is 16.9 Å². The monoisotopic (exact) mass is 332 g/mol. The molecular weight excluding hydrogens is 323 g/mol. The first-order chi connectivity index (χ1) is 9.63. The fraction of sp³-hybridized carbons (Fsp3) is 0. The van der Waals surface area contributed by atoms with Gasteiger partial charge in [-0.25, -0.2) is 9.07 Å². The van der Waals surface area contributed by atoms with E-state index in [-0.39, 0.29) is 11.6 Å². The molecule has 1 aromatic heterocycles. The van der Waals surface area contributed by atoms with Gasteiger partial charge in [-0.05, 0) is 36.4 Å². The number of aromatic nitrogens is 2. The van der Waals surface area contributed by atoms with E-state index in [0.717, 1.165) is 10.0 Å². The first kappa shape index (κ1) is 12.9. The summed E-state index contributed by atoms with van der Waals surface area (Å²) in [5.41, 5.74) is 1.98. The molecule has 0 saturated carbocycles. The molecule has 1 heterocycles. The van der Waals surface area contributed by atoms with Crippen molar-refractivity contribution in [1.29, 1.82) is 0 Å². The van der Waals surface area contributed by atoms with Crippen molar-refractivity contribution >= 4 is 15.9 Å².